The van der Waals surface area contributed by atoms with Gasteiger partial charge in [0.15, 0.2) is 0 Å². The molecule has 3 heteroatoms. The fraction of sp³-hybridized carbons (Fsp3) is 0.625. The van der Waals surface area contributed by atoms with E-state index in [2.05, 4.69) is 48.3 Å². The summed E-state index contributed by atoms with van der Waals surface area (Å²) in [6.07, 6.45) is 4.06. The number of halogens is 1. The maximum atomic E-state index is 3.76. The molecule has 0 amide bonds. The van der Waals surface area contributed by atoms with E-state index in [0.29, 0.717) is 6.04 Å². The third kappa shape index (κ3) is 3.31. The van der Waals surface area contributed by atoms with Crippen LogP contribution in [-0.4, -0.2) is 30.1 Å². The molecule has 1 aromatic carbocycles. The number of hydrogen-bond donors (Lipinski definition) is 1. The minimum absolute atomic E-state index is 0. The monoisotopic (exact) mass is 280 g/mol. The number of likely N-dealkylation sites (tertiary alicyclic amines) is 1. The van der Waals surface area contributed by atoms with Gasteiger partial charge in [-0.25, -0.2) is 0 Å². The molecule has 2 aliphatic rings. The smallest absolute Gasteiger partial charge is 0.0320 e. The van der Waals surface area contributed by atoms with Gasteiger partial charge in [-0.15, -0.1) is 12.4 Å². The largest absolute Gasteiger partial charge is 0.310 e. The Kier molecular flexibility index (Phi) is 4.88. The molecule has 0 aromatic heterocycles. The van der Waals surface area contributed by atoms with Crippen molar-refractivity contribution in [2.24, 2.45) is 0 Å². The van der Waals surface area contributed by atoms with E-state index in [1.807, 2.05) is 0 Å². The molecule has 19 heavy (non-hydrogen) atoms. The lowest BCUT2D eigenvalue weighted by Gasteiger charge is -2.30. The summed E-state index contributed by atoms with van der Waals surface area (Å²) in [7, 11) is 0. The minimum Gasteiger partial charge on any atom is -0.310 e. The van der Waals surface area contributed by atoms with Crippen molar-refractivity contribution in [3.63, 3.8) is 0 Å². The van der Waals surface area contributed by atoms with Gasteiger partial charge in [-0.1, -0.05) is 29.8 Å². The fourth-order valence-electron chi connectivity index (χ4n) is 3.46. The highest BCUT2D eigenvalue weighted by atomic mass is 35.5. The third-order valence-electron chi connectivity index (χ3n) is 4.63. The first-order valence-electron chi connectivity index (χ1n) is 7.29. The average Bonchev–Trinajstić information content (AvgIpc) is 2.68. The summed E-state index contributed by atoms with van der Waals surface area (Å²) in [5, 5.41) is 3.76. The maximum absolute atomic E-state index is 3.76. The molecule has 2 heterocycles. The molecule has 3 rings (SSSR count). The highest BCUT2D eigenvalue weighted by Gasteiger charge is 2.31. The summed E-state index contributed by atoms with van der Waals surface area (Å²) in [6.45, 7) is 6.99. The SMILES string of the molecule is Cc1cccc(C(C)N2CCC3CCC(C2)N3)c1.Cl. The molecule has 1 N–H and O–H groups in total. The molecule has 0 radical (unpaired) electrons. The van der Waals surface area contributed by atoms with E-state index in [1.165, 1.54) is 43.5 Å². The molecule has 2 bridgehead atoms. The van der Waals surface area contributed by atoms with Crippen LogP contribution in [-0.2, 0) is 0 Å². The van der Waals surface area contributed by atoms with Crippen LogP contribution < -0.4 is 5.32 Å². The van der Waals surface area contributed by atoms with Gasteiger partial charge in [-0.3, -0.25) is 4.90 Å². The van der Waals surface area contributed by atoms with E-state index in [1.54, 1.807) is 0 Å². The Balaban J connectivity index is 0.00000133. The van der Waals surface area contributed by atoms with E-state index >= 15 is 0 Å². The van der Waals surface area contributed by atoms with Crippen LogP contribution in [0.1, 0.15) is 43.4 Å². The normalized spacial score (nSPS) is 28.5. The van der Waals surface area contributed by atoms with Crippen molar-refractivity contribution >= 4 is 12.4 Å². The van der Waals surface area contributed by atoms with Crippen LogP contribution in [0.5, 0.6) is 0 Å². The summed E-state index contributed by atoms with van der Waals surface area (Å²) in [6, 6.07) is 11.0. The number of nitrogens with zero attached hydrogens (tertiary/aromatic N) is 1. The van der Waals surface area contributed by atoms with Crippen LogP contribution in [0.4, 0.5) is 0 Å². The lowest BCUT2D eigenvalue weighted by atomic mass is 10.0. The predicted molar refractivity (Wildman–Crippen MR) is 83.0 cm³/mol. The minimum atomic E-state index is 0. The van der Waals surface area contributed by atoms with E-state index in [4.69, 9.17) is 0 Å². The molecule has 0 saturated carbocycles. The Morgan fingerprint density at radius 3 is 2.79 bits per heavy atom. The fourth-order valence-corrected chi connectivity index (χ4v) is 3.46. The summed E-state index contributed by atoms with van der Waals surface area (Å²) in [5.74, 6) is 0. The first-order chi connectivity index (χ1) is 8.72. The van der Waals surface area contributed by atoms with Gasteiger partial charge in [0.1, 0.15) is 0 Å². The van der Waals surface area contributed by atoms with Crippen LogP contribution in [0.25, 0.3) is 0 Å². The van der Waals surface area contributed by atoms with Crippen LogP contribution in [0.3, 0.4) is 0 Å². The molecular formula is C16H25ClN2. The van der Waals surface area contributed by atoms with Crippen LogP contribution in [0.2, 0.25) is 0 Å². The zero-order valence-corrected chi connectivity index (χ0v) is 12.7. The van der Waals surface area contributed by atoms with E-state index in [0.717, 1.165) is 12.1 Å². The summed E-state index contributed by atoms with van der Waals surface area (Å²) in [4.78, 5) is 2.66. The molecule has 2 fully saturated rings. The molecule has 1 aromatic rings. The lowest BCUT2D eigenvalue weighted by Crippen LogP contribution is -2.36. The Labute approximate surface area is 123 Å². The second-order valence-electron chi connectivity index (χ2n) is 6.01. The molecule has 2 nitrogen and oxygen atoms in total. The topological polar surface area (TPSA) is 15.3 Å². The van der Waals surface area contributed by atoms with Crippen LogP contribution in [0.15, 0.2) is 24.3 Å². The van der Waals surface area contributed by atoms with Crippen molar-refractivity contribution in [3.05, 3.63) is 35.4 Å². The summed E-state index contributed by atoms with van der Waals surface area (Å²) < 4.78 is 0. The van der Waals surface area contributed by atoms with Crippen molar-refractivity contribution in [2.75, 3.05) is 13.1 Å². The second kappa shape index (κ2) is 6.25. The van der Waals surface area contributed by atoms with Gasteiger partial charge >= 0.3 is 0 Å². The number of fused-ring (bicyclic) bond motifs is 2. The maximum Gasteiger partial charge on any atom is 0.0320 e. The molecular weight excluding hydrogens is 256 g/mol. The van der Waals surface area contributed by atoms with Crippen molar-refractivity contribution in [1.82, 2.24) is 10.2 Å². The van der Waals surface area contributed by atoms with Crippen molar-refractivity contribution in [2.45, 2.75) is 51.2 Å². The van der Waals surface area contributed by atoms with Crippen molar-refractivity contribution in [3.8, 4) is 0 Å². The number of hydrogen-bond acceptors (Lipinski definition) is 2. The number of aryl methyl sites for hydroxylation is 1. The zero-order chi connectivity index (χ0) is 12.5. The summed E-state index contributed by atoms with van der Waals surface area (Å²) in [5.41, 5.74) is 2.83. The van der Waals surface area contributed by atoms with Crippen molar-refractivity contribution in [1.29, 1.82) is 0 Å². The van der Waals surface area contributed by atoms with Gasteiger partial charge in [0.2, 0.25) is 0 Å². The van der Waals surface area contributed by atoms with Gasteiger partial charge in [0, 0.05) is 31.2 Å². The van der Waals surface area contributed by atoms with E-state index < -0.39 is 0 Å². The van der Waals surface area contributed by atoms with Gasteiger partial charge in [-0.05, 0) is 38.7 Å². The molecule has 3 atom stereocenters. The average molecular weight is 281 g/mol. The standard InChI is InChI=1S/C16H24N2.ClH/c1-12-4-3-5-14(10-12)13(2)18-9-8-15-6-7-16(11-18)17-15;/h3-5,10,13,15-17H,6-9,11H2,1-2H3;1H. The van der Waals surface area contributed by atoms with Crippen LogP contribution >= 0.6 is 12.4 Å². The highest BCUT2D eigenvalue weighted by Crippen LogP contribution is 2.27. The molecule has 0 aliphatic carbocycles. The predicted octanol–water partition coefficient (Wildman–Crippen LogP) is 3.30. The highest BCUT2D eigenvalue weighted by molar-refractivity contribution is 5.85. The molecule has 2 saturated heterocycles. The van der Waals surface area contributed by atoms with Gasteiger partial charge < -0.3 is 5.32 Å². The van der Waals surface area contributed by atoms with E-state index in [9.17, 15) is 0 Å². The Hall–Kier alpha value is -0.570. The van der Waals surface area contributed by atoms with Gasteiger partial charge in [-0.2, -0.15) is 0 Å². The van der Waals surface area contributed by atoms with Crippen LogP contribution in [0, 0.1) is 6.92 Å². The van der Waals surface area contributed by atoms with E-state index in [-0.39, 0.29) is 12.4 Å². The number of nitrogens with one attached hydrogen (secondary N) is 1. The first kappa shape index (κ1) is 14.8. The molecule has 2 aliphatic heterocycles. The number of rotatable bonds is 2. The second-order valence-corrected chi connectivity index (χ2v) is 6.01. The van der Waals surface area contributed by atoms with Crippen molar-refractivity contribution < 1.29 is 0 Å². The first-order valence-corrected chi connectivity index (χ1v) is 7.29. The Morgan fingerprint density at radius 2 is 2.00 bits per heavy atom. The number of benzene rings is 1. The summed E-state index contributed by atoms with van der Waals surface area (Å²) >= 11 is 0. The third-order valence-corrected chi connectivity index (χ3v) is 4.63. The van der Waals surface area contributed by atoms with Gasteiger partial charge in [0.05, 0.1) is 0 Å². The van der Waals surface area contributed by atoms with Gasteiger partial charge in [0.25, 0.3) is 0 Å². The Morgan fingerprint density at radius 1 is 1.21 bits per heavy atom. The molecule has 0 spiro atoms. The molecule has 106 valence electrons. The molecule has 3 unspecified atom stereocenters. The lowest BCUT2D eigenvalue weighted by molar-refractivity contribution is 0.200. The Bertz CT molecular complexity index is 421. The zero-order valence-electron chi connectivity index (χ0n) is 11.9. The quantitative estimate of drug-likeness (QED) is 0.894.